The summed E-state index contributed by atoms with van der Waals surface area (Å²) in [6.45, 7) is 0.721. The van der Waals surface area contributed by atoms with Gasteiger partial charge in [0.05, 0.1) is 16.6 Å². The maximum Gasteiger partial charge on any atom is 0.308 e. The lowest BCUT2D eigenvalue weighted by Gasteiger charge is -2.21. The second-order valence-electron chi connectivity index (χ2n) is 6.00. The number of fused-ring (bicyclic) bond motifs is 3. The first-order valence-electron chi connectivity index (χ1n) is 7.23. The maximum absolute atomic E-state index is 11.3. The zero-order valence-corrected chi connectivity index (χ0v) is 12.2. The highest BCUT2D eigenvalue weighted by atomic mass is 35.5. The van der Waals surface area contributed by atoms with Crippen molar-refractivity contribution in [1.29, 1.82) is 0 Å². The number of carbonyl (C=O) groups is 1. The molecule has 3 unspecified atom stereocenters. The van der Waals surface area contributed by atoms with Crippen LogP contribution in [0.15, 0.2) is 24.5 Å². The van der Waals surface area contributed by atoms with Gasteiger partial charge in [-0.05, 0) is 31.4 Å². The Bertz CT molecular complexity index is 714. The number of halogens is 1. The zero-order chi connectivity index (χ0) is 14.6. The van der Waals surface area contributed by atoms with Crippen LogP contribution in [0.4, 0.5) is 0 Å². The lowest BCUT2D eigenvalue weighted by atomic mass is 9.89. The maximum atomic E-state index is 11.3. The molecule has 6 heteroatoms. The second-order valence-corrected chi connectivity index (χ2v) is 6.43. The molecule has 1 N–H and O–H groups in total. The molecule has 2 bridgehead atoms. The Hall–Kier alpha value is -1.59. The molecule has 0 aliphatic carbocycles. The fourth-order valence-electron chi connectivity index (χ4n) is 3.89. The van der Waals surface area contributed by atoms with Gasteiger partial charge in [-0.15, -0.1) is 0 Å². The third-order valence-electron chi connectivity index (χ3n) is 4.81. The van der Waals surface area contributed by atoms with E-state index in [1.165, 1.54) is 0 Å². The number of hydrogen-bond acceptors (Lipinski definition) is 3. The van der Waals surface area contributed by atoms with E-state index in [0.29, 0.717) is 11.1 Å². The average Bonchev–Trinajstić information content (AvgIpc) is 3.11. The number of pyridine rings is 1. The van der Waals surface area contributed by atoms with Gasteiger partial charge in [-0.3, -0.25) is 9.69 Å². The molecular formula is C15H16ClN3O2. The second kappa shape index (κ2) is 4.71. The van der Waals surface area contributed by atoms with Gasteiger partial charge in [0.1, 0.15) is 5.65 Å². The molecule has 4 rings (SSSR count). The topological polar surface area (TPSA) is 57.8 Å². The van der Waals surface area contributed by atoms with Crippen LogP contribution in [0.25, 0.3) is 5.65 Å². The molecule has 2 saturated heterocycles. The van der Waals surface area contributed by atoms with Crippen molar-refractivity contribution >= 4 is 23.2 Å². The van der Waals surface area contributed by atoms with Gasteiger partial charge in [0.15, 0.2) is 0 Å². The van der Waals surface area contributed by atoms with Gasteiger partial charge in [0.25, 0.3) is 0 Å². The Balaban J connectivity index is 1.59. The Labute approximate surface area is 127 Å². The number of carboxylic acids is 1. The number of hydrogen-bond donors (Lipinski definition) is 1. The molecule has 5 nitrogen and oxygen atoms in total. The molecule has 0 radical (unpaired) electrons. The van der Waals surface area contributed by atoms with Gasteiger partial charge < -0.3 is 9.51 Å². The van der Waals surface area contributed by atoms with Crippen molar-refractivity contribution in [3.8, 4) is 0 Å². The largest absolute Gasteiger partial charge is 0.481 e. The van der Waals surface area contributed by atoms with Crippen molar-refractivity contribution in [3.05, 3.63) is 35.2 Å². The summed E-state index contributed by atoms with van der Waals surface area (Å²) in [4.78, 5) is 18.2. The van der Waals surface area contributed by atoms with Crippen molar-refractivity contribution in [2.24, 2.45) is 5.92 Å². The molecule has 110 valence electrons. The van der Waals surface area contributed by atoms with Crippen molar-refractivity contribution in [3.63, 3.8) is 0 Å². The first-order chi connectivity index (χ1) is 10.1. The molecule has 2 aromatic rings. The minimum atomic E-state index is -0.658. The van der Waals surface area contributed by atoms with Crippen LogP contribution in [0, 0.1) is 5.92 Å². The predicted octanol–water partition coefficient (Wildman–Crippen LogP) is 2.43. The highest BCUT2D eigenvalue weighted by Gasteiger charge is 2.49. The van der Waals surface area contributed by atoms with E-state index >= 15 is 0 Å². The lowest BCUT2D eigenvalue weighted by molar-refractivity contribution is -0.142. The smallest absolute Gasteiger partial charge is 0.308 e. The van der Waals surface area contributed by atoms with Gasteiger partial charge in [0.2, 0.25) is 0 Å². The third-order valence-corrected chi connectivity index (χ3v) is 5.03. The van der Waals surface area contributed by atoms with Crippen LogP contribution in [-0.4, -0.2) is 37.4 Å². The van der Waals surface area contributed by atoms with E-state index < -0.39 is 5.97 Å². The lowest BCUT2D eigenvalue weighted by Crippen LogP contribution is -2.32. The fraction of sp³-hybridized carbons (Fsp3) is 0.467. The minimum Gasteiger partial charge on any atom is -0.481 e. The molecule has 2 aliphatic rings. The number of aromatic nitrogens is 2. The van der Waals surface area contributed by atoms with E-state index in [1.54, 1.807) is 0 Å². The number of rotatable bonds is 3. The summed E-state index contributed by atoms with van der Waals surface area (Å²) in [5.41, 5.74) is 1.84. The number of nitrogens with zero attached hydrogens (tertiary/aromatic N) is 3. The van der Waals surface area contributed by atoms with Gasteiger partial charge in [-0.25, -0.2) is 4.98 Å². The molecule has 0 spiro atoms. The number of carboxylic acid groups (broad SMARTS) is 1. The number of imidazole rings is 1. The van der Waals surface area contributed by atoms with Crippen LogP contribution in [0.2, 0.25) is 5.02 Å². The average molecular weight is 306 g/mol. The Kier molecular flexibility index (Phi) is 2.94. The normalized spacial score (nSPS) is 28.5. The highest BCUT2D eigenvalue weighted by molar-refractivity contribution is 6.30. The van der Waals surface area contributed by atoms with Crippen LogP contribution in [0.3, 0.4) is 0 Å². The summed E-state index contributed by atoms with van der Waals surface area (Å²) in [7, 11) is 0. The van der Waals surface area contributed by atoms with Crippen LogP contribution in [0.1, 0.15) is 25.0 Å². The van der Waals surface area contributed by atoms with Crippen molar-refractivity contribution < 1.29 is 9.90 Å². The van der Waals surface area contributed by atoms with E-state index in [0.717, 1.165) is 37.1 Å². The summed E-state index contributed by atoms with van der Waals surface area (Å²) in [6.07, 6.45) is 6.69. The van der Waals surface area contributed by atoms with Gasteiger partial charge in [0, 0.05) is 31.0 Å². The summed E-state index contributed by atoms with van der Waals surface area (Å²) in [5.74, 6) is -0.871. The molecule has 0 saturated carbocycles. The van der Waals surface area contributed by atoms with E-state index in [1.807, 2.05) is 28.9 Å². The molecule has 2 aliphatic heterocycles. The van der Waals surface area contributed by atoms with Crippen molar-refractivity contribution in [2.75, 3.05) is 0 Å². The van der Waals surface area contributed by atoms with Crippen LogP contribution in [0.5, 0.6) is 0 Å². The molecule has 2 aromatic heterocycles. The molecular weight excluding hydrogens is 290 g/mol. The Morgan fingerprint density at radius 1 is 1.38 bits per heavy atom. The van der Waals surface area contributed by atoms with Gasteiger partial charge >= 0.3 is 5.97 Å². The number of aliphatic carboxylic acids is 1. The monoisotopic (exact) mass is 305 g/mol. The van der Waals surface area contributed by atoms with Crippen LogP contribution in [-0.2, 0) is 11.3 Å². The Morgan fingerprint density at radius 2 is 2.24 bits per heavy atom. The summed E-state index contributed by atoms with van der Waals surface area (Å²) in [5, 5.41) is 9.98. The first kappa shape index (κ1) is 13.1. The molecule has 4 heterocycles. The van der Waals surface area contributed by atoms with E-state index in [2.05, 4.69) is 9.88 Å². The predicted molar refractivity (Wildman–Crippen MR) is 78.3 cm³/mol. The minimum absolute atomic E-state index is 0.168. The van der Waals surface area contributed by atoms with Crippen molar-refractivity contribution in [2.45, 2.75) is 37.9 Å². The van der Waals surface area contributed by atoms with E-state index in [4.69, 9.17) is 11.6 Å². The van der Waals surface area contributed by atoms with E-state index in [-0.39, 0.29) is 12.0 Å². The first-order valence-corrected chi connectivity index (χ1v) is 7.61. The van der Waals surface area contributed by atoms with Crippen LogP contribution < -0.4 is 0 Å². The highest BCUT2D eigenvalue weighted by Crippen LogP contribution is 2.42. The summed E-state index contributed by atoms with van der Waals surface area (Å²) >= 11 is 5.98. The molecule has 21 heavy (non-hydrogen) atoms. The summed E-state index contributed by atoms with van der Waals surface area (Å²) in [6, 6.07) is 4.28. The van der Waals surface area contributed by atoms with Gasteiger partial charge in [-0.1, -0.05) is 11.6 Å². The molecule has 3 atom stereocenters. The zero-order valence-electron chi connectivity index (χ0n) is 11.4. The standard InChI is InChI=1S/C15H16ClN3O2/c16-9-1-4-14-17-10(7-18(14)6-9)8-19-11-2-3-13(19)12(5-11)15(20)21/h1,4,6-7,11-13H,2-3,5,8H2,(H,20,21). The Morgan fingerprint density at radius 3 is 3.00 bits per heavy atom. The van der Waals surface area contributed by atoms with Crippen molar-refractivity contribution in [1.82, 2.24) is 14.3 Å². The molecule has 0 amide bonds. The SMILES string of the molecule is O=C(O)C1CC2CCC1N2Cc1cn2cc(Cl)ccc2n1. The van der Waals surface area contributed by atoms with Crippen LogP contribution >= 0.6 is 11.6 Å². The molecule has 0 aromatic carbocycles. The molecule has 2 fully saturated rings. The third kappa shape index (κ3) is 2.12. The quantitative estimate of drug-likeness (QED) is 0.946. The fourth-order valence-corrected chi connectivity index (χ4v) is 4.06. The van der Waals surface area contributed by atoms with Gasteiger partial charge in [-0.2, -0.15) is 0 Å². The van der Waals surface area contributed by atoms with E-state index in [9.17, 15) is 9.90 Å². The summed E-state index contributed by atoms with van der Waals surface area (Å²) < 4.78 is 1.92.